The van der Waals surface area contributed by atoms with Crippen molar-refractivity contribution in [1.82, 2.24) is 29.9 Å². The van der Waals surface area contributed by atoms with E-state index in [9.17, 15) is 4.79 Å². The summed E-state index contributed by atoms with van der Waals surface area (Å²) in [5.74, 6) is 2.22. The van der Waals surface area contributed by atoms with Crippen LogP contribution in [0.2, 0.25) is 0 Å². The number of H-pyrrole nitrogens is 1. The number of aromatic amines is 1. The van der Waals surface area contributed by atoms with Gasteiger partial charge in [0.05, 0.1) is 24.8 Å². The Morgan fingerprint density at radius 2 is 2.14 bits per heavy atom. The molecule has 9 heteroatoms. The molecule has 3 aromatic rings. The maximum atomic E-state index is 12.6. The molecular formula is C19H20N6O3. The summed E-state index contributed by atoms with van der Waals surface area (Å²) in [7, 11) is 0. The van der Waals surface area contributed by atoms with Gasteiger partial charge in [0.15, 0.2) is 18.3 Å². The van der Waals surface area contributed by atoms with E-state index < -0.39 is 5.60 Å². The topological polar surface area (TPSA) is 98.2 Å². The summed E-state index contributed by atoms with van der Waals surface area (Å²) in [6.45, 7) is 2.20. The van der Waals surface area contributed by atoms with Crippen LogP contribution in [0.3, 0.4) is 0 Å². The van der Waals surface area contributed by atoms with Gasteiger partial charge >= 0.3 is 0 Å². The van der Waals surface area contributed by atoms with Gasteiger partial charge in [0.25, 0.3) is 5.91 Å². The molecule has 1 N–H and O–H groups in total. The van der Waals surface area contributed by atoms with E-state index in [1.54, 1.807) is 12.4 Å². The number of nitrogens with one attached hydrogen (secondary N) is 1. The maximum absolute atomic E-state index is 12.6. The van der Waals surface area contributed by atoms with Crippen LogP contribution < -0.4 is 4.74 Å². The van der Waals surface area contributed by atoms with E-state index in [1.165, 1.54) is 0 Å². The van der Waals surface area contributed by atoms with Crippen LogP contribution >= 0.6 is 0 Å². The van der Waals surface area contributed by atoms with E-state index in [0.29, 0.717) is 32.0 Å². The Hall–Kier alpha value is -3.20. The molecule has 4 heterocycles. The molecule has 2 aromatic heterocycles. The van der Waals surface area contributed by atoms with Crippen LogP contribution in [-0.4, -0.2) is 61.1 Å². The lowest BCUT2D eigenvalue weighted by atomic mass is 10.0. The highest BCUT2D eigenvalue weighted by molar-refractivity contribution is 5.78. The molecule has 1 aromatic carbocycles. The van der Waals surface area contributed by atoms with Gasteiger partial charge < -0.3 is 18.9 Å². The molecule has 1 atom stereocenters. The minimum atomic E-state index is -0.420. The van der Waals surface area contributed by atoms with Crippen molar-refractivity contribution in [3.8, 4) is 17.1 Å². The number of fused-ring (bicyclic) bond motifs is 1. The summed E-state index contributed by atoms with van der Waals surface area (Å²) in [4.78, 5) is 14.4. The molecule has 0 aliphatic carbocycles. The first-order valence-corrected chi connectivity index (χ1v) is 9.23. The summed E-state index contributed by atoms with van der Waals surface area (Å²) in [6.07, 6.45) is 4.29. The fourth-order valence-electron chi connectivity index (χ4n) is 3.80. The monoisotopic (exact) mass is 380 g/mol. The van der Waals surface area contributed by atoms with Crippen molar-refractivity contribution in [2.24, 2.45) is 0 Å². The second-order valence-electron chi connectivity index (χ2n) is 7.15. The van der Waals surface area contributed by atoms with Crippen LogP contribution in [0.25, 0.3) is 11.4 Å². The number of hydrogen-bond acceptors (Lipinski definition) is 6. The summed E-state index contributed by atoms with van der Waals surface area (Å²) in [5.41, 5.74) is 0.467. The predicted octanol–water partition coefficient (Wildman–Crippen LogP) is 1.25. The molecule has 1 saturated heterocycles. The number of carbonyl (C=O) groups excluding carboxylic acids is 1. The molecular weight excluding hydrogens is 360 g/mol. The number of ether oxygens (including phenoxy) is 2. The number of likely N-dealkylation sites (tertiary alicyclic amines) is 1. The van der Waals surface area contributed by atoms with Gasteiger partial charge in [0.2, 0.25) is 0 Å². The smallest absolute Gasteiger partial charge is 0.260 e. The number of hydrogen-bond donors (Lipinski definition) is 1. The van der Waals surface area contributed by atoms with Crippen LogP contribution in [0.5, 0.6) is 5.75 Å². The minimum Gasteiger partial charge on any atom is -0.484 e. The van der Waals surface area contributed by atoms with Crippen LogP contribution in [0, 0.1) is 0 Å². The first-order chi connectivity index (χ1) is 13.7. The third-order valence-corrected chi connectivity index (χ3v) is 5.31. The van der Waals surface area contributed by atoms with Crippen molar-refractivity contribution < 1.29 is 14.3 Å². The molecule has 144 valence electrons. The van der Waals surface area contributed by atoms with Crippen LogP contribution in [-0.2, 0) is 22.7 Å². The van der Waals surface area contributed by atoms with E-state index in [-0.39, 0.29) is 12.5 Å². The lowest BCUT2D eigenvalue weighted by Gasteiger charge is -2.34. The lowest BCUT2D eigenvalue weighted by Crippen LogP contribution is -2.45. The van der Waals surface area contributed by atoms with Gasteiger partial charge in [-0.3, -0.25) is 9.89 Å². The highest BCUT2D eigenvalue weighted by Crippen LogP contribution is 2.34. The number of para-hydroxylation sites is 1. The van der Waals surface area contributed by atoms with Crippen molar-refractivity contribution >= 4 is 5.91 Å². The maximum Gasteiger partial charge on any atom is 0.260 e. The first-order valence-electron chi connectivity index (χ1n) is 9.23. The number of amides is 1. The fourth-order valence-corrected chi connectivity index (χ4v) is 3.80. The second kappa shape index (κ2) is 6.75. The Morgan fingerprint density at radius 1 is 1.25 bits per heavy atom. The zero-order valence-electron chi connectivity index (χ0n) is 15.2. The van der Waals surface area contributed by atoms with Crippen LogP contribution in [0.4, 0.5) is 0 Å². The van der Waals surface area contributed by atoms with Crippen molar-refractivity contribution in [1.29, 1.82) is 0 Å². The Kier molecular flexibility index (Phi) is 4.09. The SMILES string of the molecule is O=C(COc1ccccc1)N1CCC2(C1)Cn1c(nnc1-c1cn[nH]c1)CO2. The number of aromatic nitrogens is 5. The van der Waals surface area contributed by atoms with Crippen LogP contribution in [0.1, 0.15) is 12.2 Å². The highest BCUT2D eigenvalue weighted by atomic mass is 16.5. The molecule has 0 bridgehead atoms. The molecule has 1 spiro atoms. The molecule has 9 nitrogen and oxygen atoms in total. The normalized spacial score (nSPS) is 21.1. The largest absolute Gasteiger partial charge is 0.484 e. The van der Waals surface area contributed by atoms with Crippen molar-refractivity contribution in [2.45, 2.75) is 25.2 Å². The van der Waals surface area contributed by atoms with Crippen molar-refractivity contribution in [2.75, 3.05) is 19.7 Å². The Morgan fingerprint density at radius 3 is 2.96 bits per heavy atom. The van der Waals surface area contributed by atoms with Crippen molar-refractivity contribution in [3.63, 3.8) is 0 Å². The van der Waals surface area contributed by atoms with E-state index in [4.69, 9.17) is 9.47 Å². The molecule has 28 heavy (non-hydrogen) atoms. The number of rotatable bonds is 4. The van der Waals surface area contributed by atoms with E-state index in [2.05, 4.69) is 25.0 Å². The summed E-state index contributed by atoms with van der Waals surface area (Å²) in [5, 5.41) is 15.3. The number of benzene rings is 1. The minimum absolute atomic E-state index is 0.0260. The summed E-state index contributed by atoms with van der Waals surface area (Å²) < 4.78 is 13.8. The van der Waals surface area contributed by atoms with Gasteiger partial charge in [-0.15, -0.1) is 10.2 Å². The second-order valence-corrected chi connectivity index (χ2v) is 7.15. The molecule has 2 aliphatic rings. The third kappa shape index (κ3) is 3.03. The zero-order chi connectivity index (χ0) is 19.0. The standard InChI is InChI=1S/C19H20N6O3/c26-17(11-27-15-4-2-1-3-5-15)24-7-6-19(12-24)13-25-16(10-28-19)22-23-18(25)14-8-20-21-9-14/h1-5,8-9H,6-7,10-13H2,(H,20,21). The van der Waals surface area contributed by atoms with Gasteiger partial charge in [-0.05, 0) is 18.6 Å². The molecule has 0 saturated carbocycles. The zero-order valence-corrected chi connectivity index (χ0v) is 15.2. The average molecular weight is 380 g/mol. The fraction of sp³-hybridized carbons (Fsp3) is 0.368. The number of carbonyl (C=O) groups is 1. The lowest BCUT2D eigenvalue weighted by molar-refractivity contribution is -0.135. The van der Waals surface area contributed by atoms with E-state index in [1.807, 2.05) is 35.2 Å². The Labute approximate surface area is 161 Å². The summed E-state index contributed by atoms with van der Waals surface area (Å²) in [6, 6.07) is 9.36. The molecule has 5 rings (SSSR count). The van der Waals surface area contributed by atoms with Gasteiger partial charge in [-0.25, -0.2) is 0 Å². The molecule has 1 unspecified atom stereocenters. The van der Waals surface area contributed by atoms with Gasteiger partial charge in [-0.2, -0.15) is 5.10 Å². The molecule has 0 radical (unpaired) electrons. The Bertz CT molecular complexity index is 971. The first kappa shape index (κ1) is 16.9. The third-order valence-electron chi connectivity index (χ3n) is 5.31. The summed E-state index contributed by atoms with van der Waals surface area (Å²) >= 11 is 0. The molecule has 2 aliphatic heterocycles. The van der Waals surface area contributed by atoms with Crippen LogP contribution in [0.15, 0.2) is 42.7 Å². The highest BCUT2D eigenvalue weighted by Gasteiger charge is 2.44. The van der Waals surface area contributed by atoms with E-state index in [0.717, 1.165) is 23.6 Å². The van der Waals surface area contributed by atoms with Gasteiger partial charge in [0.1, 0.15) is 18.0 Å². The van der Waals surface area contributed by atoms with E-state index >= 15 is 0 Å². The Balaban J connectivity index is 1.27. The number of nitrogens with zero attached hydrogens (tertiary/aromatic N) is 5. The quantitative estimate of drug-likeness (QED) is 0.731. The molecule has 1 fully saturated rings. The average Bonchev–Trinajstić information content (AvgIpc) is 3.47. The predicted molar refractivity (Wildman–Crippen MR) is 98.3 cm³/mol. The molecule has 1 amide bonds. The van der Waals surface area contributed by atoms with Gasteiger partial charge in [-0.1, -0.05) is 18.2 Å². The van der Waals surface area contributed by atoms with Crippen molar-refractivity contribution in [3.05, 3.63) is 48.5 Å². The van der Waals surface area contributed by atoms with Gasteiger partial charge in [0, 0.05) is 12.7 Å².